The minimum Gasteiger partial charge on any atom is -0.470 e. The number of carbonyl (C=O) groups excluding carboxylic acids is 2. The predicted octanol–water partition coefficient (Wildman–Crippen LogP) is 3.28. The molecule has 0 saturated heterocycles. The number of pyridine rings is 1. The van der Waals surface area contributed by atoms with Crippen molar-refractivity contribution in [3.8, 4) is 5.88 Å². The molecule has 1 unspecified atom stereocenters. The minimum atomic E-state index is -2.98. The molecule has 8 nitrogen and oxygen atoms in total. The number of fused-ring (bicyclic) bond motifs is 1. The molecule has 2 aromatic heterocycles. The Labute approximate surface area is 172 Å². The fraction of sp³-hybridized carbons (Fsp3) is 0.450. The van der Waals surface area contributed by atoms with Crippen molar-refractivity contribution in [2.24, 2.45) is 0 Å². The van der Waals surface area contributed by atoms with Crippen molar-refractivity contribution >= 4 is 17.6 Å². The highest BCUT2D eigenvalue weighted by Crippen LogP contribution is 2.34. The molecule has 0 saturated carbocycles. The van der Waals surface area contributed by atoms with Gasteiger partial charge < -0.3 is 15.0 Å². The van der Waals surface area contributed by atoms with Crippen molar-refractivity contribution in [3.63, 3.8) is 0 Å². The Morgan fingerprint density at radius 3 is 2.77 bits per heavy atom. The van der Waals surface area contributed by atoms with Crippen molar-refractivity contribution in [3.05, 3.63) is 40.7 Å². The van der Waals surface area contributed by atoms with Crippen LogP contribution in [0.5, 0.6) is 5.88 Å². The van der Waals surface area contributed by atoms with Crippen LogP contribution in [0.25, 0.3) is 0 Å². The molecule has 1 atom stereocenters. The van der Waals surface area contributed by atoms with Gasteiger partial charge in [-0.05, 0) is 26.0 Å². The zero-order valence-corrected chi connectivity index (χ0v) is 17.2. The van der Waals surface area contributed by atoms with E-state index in [4.69, 9.17) is 4.74 Å². The molecule has 0 bridgehead atoms. The van der Waals surface area contributed by atoms with E-state index in [0.717, 1.165) is 6.92 Å². The molecule has 1 N–H and O–H groups in total. The maximum absolute atomic E-state index is 13.0. The van der Waals surface area contributed by atoms with Gasteiger partial charge in [0.2, 0.25) is 11.8 Å². The lowest BCUT2D eigenvalue weighted by molar-refractivity contribution is -0.115. The van der Waals surface area contributed by atoms with Crippen LogP contribution in [0.2, 0.25) is 0 Å². The molecular weight excluding hydrogens is 396 g/mol. The molecule has 0 spiro atoms. The first-order valence-electron chi connectivity index (χ1n) is 9.54. The first kappa shape index (κ1) is 21.5. The number of alkyl halides is 2. The summed E-state index contributed by atoms with van der Waals surface area (Å²) in [5, 5.41) is 10.7. The van der Waals surface area contributed by atoms with Gasteiger partial charge in [0, 0.05) is 36.2 Å². The van der Waals surface area contributed by atoms with Gasteiger partial charge in [-0.2, -0.15) is 0 Å². The first-order valence-corrected chi connectivity index (χ1v) is 9.54. The van der Waals surface area contributed by atoms with E-state index in [9.17, 15) is 18.4 Å². The molecule has 2 amide bonds. The molecule has 30 heavy (non-hydrogen) atoms. The number of nitrogens with one attached hydrogen (secondary N) is 1. The Kier molecular flexibility index (Phi) is 5.95. The Balaban J connectivity index is 1.80. The van der Waals surface area contributed by atoms with Crippen molar-refractivity contribution < 1.29 is 23.1 Å². The monoisotopic (exact) mass is 419 g/mol. The number of rotatable bonds is 7. The minimum absolute atomic E-state index is 0.0253. The van der Waals surface area contributed by atoms with Crippen LogP contribution in [0.4, 0.5) is 14.6 Å². The summed E-state index contributed by atoms with van der Waals surface area (Å²) in [6, 6.07) is 2.84. The van der Waals surface area contributed by atoms with Gasteiger partial charge in [-0.1, -0.05) is 6.92 Å². The summed E-state index contributed by atoms with van der Waals surface area (Å²) in [6.07, 6.45) is 1.78. The van der Waals surface area contributed by atoms with Gasteiger partial charge in [-0.3, -0.25) is 9.59 Å². The highest BCUT2D eigenvalue weighted by Gasteiger charge is 2.34. The molecular formula is C20H23F2N5O3. The number of carbonyl (C=O) groups is 2. The number of aromatic nitrogens is 3. The lowest BCUT2D eigenvalue weighted by Gasteiger charge is -2.24. The molecule has 160 valence electrons. The zero-order valence-electron chi connectivity index (χ0n) is 17.2. The zero-order chi connectivity index (χ0) is 22.1. The van der Waals surface area contributed by atoms with Crippen molar-refractivity contribution in [2.45, 2.75) is 52.6 Å². The topological polar surface area (TPSA) is 97.3 Å². The highest BCUT2D eigenvalue weighted by atomic mass is 19.3. The van der Waals surface area contributed by atoms with Gasteiger partial charge in [-0.25, -0.2) is 13.8 Å². The van der Waals surface area contributed by atoms with E-state index in [2.05, 4.69) is 20.5 Å². The quantitative estimate of drug-likeness (QED) is 0.740. The SMILES string of the molecule is CCC(=O)Nc1nccc2c1CN(C(C)c1cc(C)c(OCC(C)(F)F)nn1)C2=O. The van der Waals surface area contributed by atoms with Crippen LogP contribution >= 0.6 is 0 Å². The van der Waals surface area contributed by atoms with Gasteiger partial charge in [0.1, 0.15) is 5.82 Å². The van der Waals surface area contributed by atoms with Crippen LogP contribution in [0, 0.1) is 6.92 Å². The third-order valence-electron chi connectivity index (χ3n) is 4.77. The average Bonchev–Trinajstić information content (AvgIpc) is 3.03. The standard InChI is InChI=1S/C20H23F2N5O3/c1-5-16(28)24-17-14-9-27(19(29)13(14)6-7-23-17)12(3)15-8-11(2)18(26-25-15)30-10-20(4,21)22/h6-8,12H,5,9-10H2,1-4H3,(H,23,24,28). The van der Waals surface area contributed by atoms with E-state index in [-0.39, 0.29) is 24.2 Å². The lowest BCUT2D eigenvalue weighted by atomic mass is 10.1. The van der Waals surface area contributed by atoms with Gasteiger partial charge in [-0.15, -0.1) is 10.2 Å². The molecule has 2 aromatic rings. The number of aryl methyl sites for hydroxylation is 1. The third kappa shape index (κ3) is 4.52. The van der Waals surface area contributed by atoms with Gasteiger partial charge in [0.25, 0.3) is 11.8 Å². The Hall–Kier alpha value is -3.17. The van der Waals surface area contributed by atoms with Crippen molar-refractivity contribution in [1.29, 1.82) is 0 Å². The van der Waals surface area contributed by atoms with E-state index in [1.165, 1.54) is 6.20 Å². The Bertz CT molecular complexity index is 977. The molecule has 3 rings (SSSR count). The molecule has 0 radical (unpaired) electrons. The molecule has 1 aliphatic heterocycles. The number of halogens is 2. The van der Waals surface area contributed by atoms with Gasteiger partial charge in [0.15, 0.2) is 6.61 Å². The molecule has 1 aliphatic rings. The van der Waals surface area contributed by atoms with E-state index in [1.807, 2.05) is 0 Å². The van der Waals surface area contributed by atoms with Crippen LogP contribution < -0.4 is 10.1 Å². The maximum Gasteiger partial charge on any atom is 0.278 e. The third-order valence-corrected chi connectivity index (χ3v) is 4.77. The lowest BCUT2D eigenvalue weighted by Crippen LogP contribution is -2.28. The number of nitrogens with zero attached hydrogens (tertiary/aromatic N) is 4. The maximum atomic E-state index is 13.0. The summed E-state index contributed by atoms with van der Waals surface area (Å²) in [5.41, 5.74) is 2.15. The summed E-state index contributed by atoms with van der Waals surface area (Å²) in [4.78, 5) is 30.5. The number of amides is 2. The summed E-state index contributed by atoms with van der Waals surface area (Å²) in [7, 11) is 0. The summed E-state index contributed by atoms with van der Waals surface area (Å²) in [6.45, 7) is 5.42. The summed E-state index contributed by atoms with van der Waals surface area (Å²) < 4.78 is 31.1. The van der Waals surface area contributed by atoms with Crippen molar-refractivity contribution in [2.75, 3.05) is 11.9 Å². The summed E-state index contributed by atoms with van der Waals surface area (Å²) in [5.74, 6) is -2.99. The van der Waals surface area contributed by atoms with E-state index in [0.29, 0.717) is 34.6 Å². The van der Waals surface area contributed by atoms with Crippen LogP contribution in [-0.2, 0) is 11.3 Å². The van der Waals surface area contributed by atoms with E-state index < -0.39 is 18.6 Å². The fourth-order valence-electron chi connectivity index (χ4n) is 3.09. The number of ether oxygens (including phenoxy) is 1. The molecule has 10 heteroatoms. The van der Waals surface area contributed by atoms with Crippen molar-refractivity contribution in [1.82, 2.24) is 20.1 Å². The van der Waals surface area contributed by atoms with Crippen LogP contribution in [0.1, 0.15) is 60.4 Å². The number of anilines is 1. The summed E-state index contributed by atoms with van der Waals surface area (Å²) >= 11 is 0. The van der Waals surface area contributed by atoms with Crippen LogP contribution in [-0.4, -0.2) is 44.4 Å². The van der Waals surface area contributed by atoms with Gasteiger partial charge in [0.05, 0.1) is 18.3 Å². The highest BCUT2D eigenvalue weighted by molar-refractivity contribution is 6.01. The molecule has 0 aliphatic carbocycles. The second-order valence-electron chi connectivity index (χ2n) is 7.31. The molecule has 0 fully saturated rings. The van der Waals surface area contributed by atoms with Crippen LogP contribution in [0.15, 0.2) is 18.3 Å². The molecule has 3 heterocycles. The normalized spacial score (nSPS) is 14.5. The average molecular weight is 419 g/mol. The molecule has 0 aromatic carbocycles. The number of hydrogen-bond donors (Lipinski definition) is 1. The predicted molar refractivity (Wildman–Crippen MR) is 104 cm³/mol. The smallest absolute Gasteiger partial charge is 0.278 e. The van der Waals surface area contributed by atoms with Crippen LogP contribution in [0.3, 0.4) is 0 Å². The largest absolute Gasteiger partial charge is 0.470 e. The number of hydrogen-bond acceptors (Lipinski definition) is 6. The second kappa shape index (κ2) is 8.29. The second-order valence-corrected chi connectivity index (χ2v) is 7.31. The Morgan fingerprint density at radius 1 is 1.40 bits per heavy atom. The fourth-order valence-corrected chi connectivity index (χ4v) is 3.09. The Morgan fingerprint density at radius 2 is 2.13 bits per heavy atom. The first-order chi connectivity index (χ1) is 14.1. The van der Waals surface area contributed by atoms with E-state index >= 15 is 0 Å². The van der Waals surface area contributed by atoms with E-state index in [1.54, 1.807) is 37.8 Å². The van der Waals surface area contributed by atoms with Gasteiger partial charge >= 0.3 is 0 Å².